The molecule has 188 valence electrons. The fraction of sp³-hybridized carbons (Fsp3) is 0.296. The van der Waals surface area contributed by atoms with Crippen molar-refractivity contribution in [2.75, 3.05) is 6.54 Å². The lowest BCUT2D eigenvalue weighted by atomic mass is 10.0. The smallest absolute Gasteiger partial charge is 0.416 e. The first-order chi connectivity index (χ1) is 17.2. The Morgan fingerprint density at radius 2 is 1.94 bits per heavy atom. The van der Waals surface area contributed by atoms with E-state index in [4.69, 9.17) is 4.74 Å². The van der Waals surface area contributed by atoms with Crippen molar-refractivity contribution in [3.63, 3.8) is 0 Å². The number of alkyl halides is 3. The van der Waals surface area contributed by atoms with Gasteiger partial charge in [-0.2, -0.15) is 13.2 Å². The van der Waals surface area contributed by atoms with Gasteiger partial charge in [-0.1, -0.05) is 30.3 Å². The SMILES string of the molecule is CC(NC(=O)C1CC(=O)N(Cc2cccc(C(F)(F)F)c2)C1)c1cccc(OCc2ccccn2)c1. The highest BCUT2D eigenvalue weighted by molar-refractivity contribution is 5.89. The molecule has 6 nitrogen and oxygen atoms in total. The third-order valence-electron chi connectivity index (χ3n) is 6.04. The van der Waals surface area contributed by atoms with E-state index in [-0.39, 0.29) is 37.4 Å². The van der Waals surface area contributed by atoms with Crippen molar-refractivity contribution in [3.05, 3.63) is 95.3 Å². The van der Waals surface area contributed by atoms with E-state index < -0.39 is 17.7 Å². The molecule has 0 radical (unpaired) electrons. The van der Waals surface area contributed by atoms with Crippen LogP contribution < -0.4 is 10.1 Å². The van der Waals surface area contributed by atoms with Crippen LogP contribution in [0.4, 0.5) is 13.2 Å². The van der Waals surface area contributed by atoms with E-state index in [1.807, 2.05) is 49.4 Å². The lowest BCUT2D eigenvalue weighted by Crippen LogP contribution is -2.34. The number of pyridine rings is 1. The molecule has 0 spiro atoms. The average molecular weight is 498 g/mol. The van der Waals surface area contributed by atoms with Crippen molar-refractivity contribution in [2.24, 2.45) is 5.92 Å². The summed E-state index contributed by atoms with van der Waals surface area (Å²) in [7, 11) is 0. The monoisotopic (exact) mass is 497 g/mol. The number of aromatic nitrogens is 1. The Morgan fingerprint density at radius 3 is 2.69 bits per heavy atom. The van der Waals surface area contributed by atoms with E-state index in [0.29, 0.717) is 17.9 Å². The van der Waals surface area contributed by atoms with Crippen LogP contribution in [-0.4, -0.2) is 28.2 Å². The maximum Gasteiger partial charge on any atom is 0.416 e. The summed E-state index contributed by atoms with van der Waals surface area (Å²) in [5.74, 6) is -0.468. The average Bonchev–Trinajstić information content (AvgIpc) is 3.23. The summed E-state index contributed by atoms with van der Waals surface area (Å²) in [6.45, 7) is 2.34. The maximum atomic E-state index is 13.0. The Morgan fingerprint density at radius 1 is 1.14 bits per heavy atom. The maximum absolute atomic E-state index is 13.0. The summed E-state index contributed by atoms with van der Waals surface area (Å²) in [5.41, 5.74) is 1.24. The van der Waals surface area contributed by atoms with Crippen LogP contribution in [-0.2, 0) is 28.9 Å². The van der Waals surface area contributed by atoms with Crippen LogP contribution in [0.1, 0.15) is 41.8 Å². The van der Waals surface area contributed by atoms with Gasteiger partial charge in [0.05, 0.1) is 23.2 Å². The molecule has 2 aromatic carbocycles. The number of hydrogen-bond acceptors (Lipinski definition) is 4. The lowest BCUT2D eigenvalue weighted by Gasteiger charge is -2.19. The number of hydrogen-bond donors (Lipinski definition) is 1. The first-order valence-electron chi connectivity index (χ1n) is 11.6. The summed E-state index contributed by atoms with van der Waals surface area (Å²) in [5, 5.41) is 2.94. The molecule has 0 aliphatic carbocycles. The van der Waals surface area contributed by atoms with Crippen molar-refractivity contribution >= 4 is 11.8 Å². The van der Waals surface area contributed by atoms with Crippen molar-refractivity contribution < 1.29 is 27.5 Å². The Hall–Kier alpha value is -3.88. The number of nitrogens with zero attached hydrogens (tertiary/aromatic N) is 2. The second-order valence-electron chi connectivity index (χ2n) is 8.79. The second kappa shape index (κ2) is 10.8. The normalized spacial score (nSPS) is 16.6. The van der Waals surface area contributed by atoms with E-state index in [9.17, 15) is 22.8 Å². The molecule has 1 aromatic heterocycles. The first kappa shape index (κ1) is 25.2. The number of likely N-dealkylation sites (tertiary alicyclic amines) is 1. The zero-order valence-electron chi connectivity index (χ0n) is 19.7. The highest BCUT2D eigenvalue weighted by Crippen LogP contribution is 2.30. The lowest BCUT2D eigenvalue weighted by molar-refractivity contribution is -0.137. The molecule has 2 heterocycles. The van der Waals surface area contributed by atoms with Gasteiger partial charge in [0.25, 0.3) is 0 Å². The zero-order valence-corrected chi connectivity index (χ0v) is 19.7. The molecule has 1 aliphatic rings. The zero-order chi connectivity index (χ0) is 25.7. The Kier molecular flexibility index (Phi) is 7.57. The van der Waals surface area contributed by atoms with Gasteiger partial charge in [-0.15, -0.1) is 0 Å². The molecule has 2 atom stereocenters. The molecule has 1 N–H and O–H groups in total. The van der Waals surface area contributed by atoms with Gasteiger partial charge in [0.2, 0.25) is 11.8 Å². The minimum Gasteiger partial charge on any atom is -0.487 e. The summed E-state index contributed by atoms with van der Waals surface area (Å²) in [6, 6.07) is 17.5. The molecule has 2 unspecified atom stereocenters. The molecule has 2 amide bonds. The molecule has 1 saturated heterocycles. The molecular formula is C27H26F3N3O3. The van der Waals surface area contributed by atoms with Gasteiger partial charge in [-0.05, 0) is 54.4 Å². The summed E-state index contributed by atoms with van der Waals surface area (Å²) < 4.78 is 44.8. The van der Waals surface area contributed by atoms with E-state index in [0.717, 1.165) is 23.4 Å². The number of halogens is 3. The van der Waals surface area contributed by atoms with Crippen LogP contribution in [0, 0.1) is 5.92 Å². The molecule has 36 heavy (non-hydrogen) atoms. The third-order valence-corrected chi connectivity index (χ3v) is 6.04. The minimum atomic E-state index is -4.45. The van der Waals surface area contributed by atoms with Crippen molar-refractivity contribution in [1.29, 1.82) is 0 Å². The number of ether oxygens (including phenoxy) is 1. The summed E-state index contributed by atoms with van der Waals surface area (Å²) >= 11 is 0. The van der Waals surface area contributed by atoms with Gasteiger partial charge in [-0.25, -0.2) is 0 Å². The van der Waals surface area contributed by atoms with Crippen molar-refractivity contribution in [1.82, 2.24) is 15.2 Å². The van der Waals surface area contributed by atoms with Gasteiger partial charge in [0.15, 0.2) is 0 Å². The van der Waals surface area contributed by atoms with E-state index in [1.54, 1.807) is 12.3 Å². The van der Waals surface area contributed by atoms with Crippen LogP contribution in [0.2, 0.25) is 0 Å². The van der Waals surface area contributed by atoms with Crippen LogP contribution in [0.15, 0.2) is 72.9 Å². The molecule has 0 saturated carbocycles. The first-order valence-corrected chi connectivity index (χ1v) is 11.6. The molecule has 1 aliphatic heterocycles. The summed E-state index contributed by atoms with van der Waals surface area (Å²) in [4.78, 5) is 31.0. The largest absolute Gasteiger partial charge is 0.487 e. The molecule has 0 bridgehead atoms. The van der Waals surface area contributed by atoms with Crippen LogP contribution in [0.25, 0.3) is 0 Å². The Bertz CT molecular complexity index is 1220. The standard InChI is InChI=1S/C27H26F3N3O3/c1-18(20-7-5-10-24(13-20)36-17-23-9-2-3-11-31-23)32-26(35)21-14-25(34)33(16-21)15-19-6-4-8-22(12-19)27(28,29)30/h2-13,18,21H,14-17H2,1H3,(H,32,35). The number of benzene rings is 2. The molecule has 9 heteroatoms. The van der Waals surface area contributed by atoms with Crippen LogP contribution in [0.3, 0.4) is 0 Å². The topological polar surface area (TPSA) is 71.5 Å². The van der Waals surface area contributed by atoms with E-state index in [2.05, 4.69) is 10.3 Å². The molecule has 1 fully saturated rings. The molecular weight excluding hydrogens is 471 g/mol. The predicted molar refractivity (Wildman–Crippen MR) is 127 cm³/mol. The summed E-state index contributed by atoms with van der Waals surface area (Å²) in [6.07, 6.45) is -2.74. The van der Waals surface area contributed by atoms with Crippen molar-refractivity contribution in [2.45, 2.75) is 38.7 Å². The van der Waals surface area contributed by atoms with Gasteiger partial charge in [0, 0.05) is 25.7 Å². The molecule has 4 rings (SSSR count). The van der Waals surface area contributed by atoms with E-state index in [1.165, 1.54) is 11.0 Å². The van der Waals surface area contributed by atoms with Crippen LogP contribution >= 0.6 is 0 Å². The van der Waals surface area contributed by atoms with Gasteiger partial charge < -0.3 is 15.0 Å². The van der Waals surface area contributed by atoms with Crippen LogP contribution in [0.5, 0.6) is 5.75 Å². The number of carbonyl (C=O) groups excluding carboxylic acids is 2. The molecule has 3 aromatic rings. The highest BCUT2D eigenvalue weighted by atomic mass is 19.4. The fourth-order valence-electron chi connectivity index (χ4n) is 4.10. The second-order valence-corrected chi connectivity index (χ2v) is 8.79. The van der Waals surface area contributed by atoms with Gasteiger partial charge in [-0.3, -0.25) is 14.6 Å². The van der Waals surface area contributed by atoms with Crippen molar-refractivity contribution in [3.8, 4) is 5.75 Å². The number of rotatable bonds is 8. The minimum absolute atomic E-state index is 0.0186. The predicted octanol–water partition coefficient (Wildman–Crippen LogP) is 4.91. The Balaban J connectivity index is 1.33. The number of nitrogens with one attached hydrogen (secondary N) is 1. The fourth-order valence-corrected chi connectivity index (χ4v) is 4.10. The van der Waals surface area contributed by atoms with Gasteiger partial charge >= 0.3 is 6.18 Å². The number of amides is 2. The third kappa shape index (κ3) is 6.41. The Labute approximate surface area is 207 Å². The van der Waals surface area contributed by atoms with Gasteiger partial charge in [0.1, 0.15) is 12.4 Å². The number of carbonyl (C=O) groups is 2. The van der Waals surface area contributed by atoms with E-state index >= 15 is 0 Å². The highest BCUT2D eigenvalue weighted by Gasteiger charge is 2.35. The quantitative estimate of drug-likeness (QED) is 0.480.